The number of thioether (sulfide) groups is 1. The van der Waals surface area contributed by atoms with Crippen LogP contribution in [0.3, 0.4) is 0 Å². The lowest BCUT2D eigenvalue weighted by Crippen LogP contribution is -2.16. The van der Waals surface area contributed by atoms with Gasteiger partial charge in [-0.3, -0.25) is 9.36 Å². The second-order valence-electron chi connectivity index (χ2n) is 8.15. The van der Waals surface area contributed by atoms with E-state index in [9.17, 15) is 4.79 Å². The minimum atomic E-state index is -0.0987. The van der Waals surface area contributed by atoms with Crippen LogP contribution in [-0.4, -0.2) is 40.6 Å². The molecule has 8 heteroatoms. The minimum absolute atomic E-state index is 0.0987. The first-order valence-electron chi connectivity index (χ1n) is 11.3. The molecule has 7 nitrogen and oxygen atoms in total. The zero-order chi connectivity index (χ0) is 24.8. The van der Waals surface area contributed by atoms with Crippen LogP contribution in [0.2, 0.25) is 0 Å². The molecule has 35 heavy (non-hydrogen) atoms. The maximum atomic E-state index is 12.8. The summed E-state index contributed by atoms with van der Waals surface area (Å²) < 4.78 is 12.5. The number of methoxy groups -OCH3 is 2. The van der Waals surface area contributed by atoms with Gasteiger partial charge in [0.2, 0.25) is 5.91 Å². The first-order valence-corrected chi connectivity index (χ1v) is 12.2. The Morgan fingerprint density at radius 3 is 2.17 bits per heavy atom. The monoisotopic (exact) mass is 488 g/mol. The highest BCUT2D eigenvalue weighted by Gasteiger charge is 2.18. The standard InChI is InChI=1S/C27H28N4O3S/c1-18(2)23-7-5-6-8-24(23)28-25(32)17-35-27-30-29-26(19-9-13-21(33-3)14-10-19)31(27)20-11-15-22(34-4)16-12-20/h5-16,18H,17H2,1-4H3,(H,28,32). The van der Waals surface area contributed by atoms with Crippen molar-refractivity contribution in [2.24, 2.45) is 0 Å². The molecule has 0 atom stereocenters. The van der Waals surface area contributed by atoms with Crippen LogP contribution >= 0.6 is 11.8 Å². The SMILES string of the molecule is COc1ccc(-c2nnc(SCC(=O)Nc3ccccc3C(C)C)n2-c2ccc(OC)cc2)cc1. The van der Waals surface area contributed by atoms with E-state index in [0.717, 1.165) is 34.0 Å². The van der Waals surface area contributed by atoms with Crippen LogP contribution in [0.15, 0.2) is 78.0 Å². The van der Waals surface area contributed by atoms with Crippen LogP contribution in [0.1, 0.15) is 25.3 Å². The topological polar surface area (TPSA) is 78.3 Å². The number of benzene rings is 3. The highest BCUT2D eigenvalue weighted by atomic mass is 32.2. The molecule has 1 N–H and O–H groups in total. The number of rotatable bonds is 9. The Balaban J connectivity index is 1.60. The maximum Gasteiger partial charge on any atom is 0.234 e. The molecule has 1 amide bonds. The molecule has 4 rings (SSSR count). The second kappa shape index (κ2) is 11.1. The zero-order valence-corrected chi connectivity index (χ0v) is 21.0. The van der Waals surface area contributed by atoms with Crippen molar-refractivity contribution in [2.45, 2.75) is 24.9 Å². The van der Waals surface area contributed by atoms with E-state index in [4.69, 9.17) is 9.47 Å². The number of nitrogens with one attached hydrogen (secondary N) is 1. The number of hydrogen-bond donors (Lipinski definition) is 1. The van der Waals surface area contributed by atoms with Crippen LogP contribution in [0.25, 0.3) is 17.1 Å². The smallest absolute Gasteiger partial charge is 0.234 e. The van der Waals surface area contributed by atoms with Gasteiger partial charge in [0.05, 0.1) is 20.0 Å². The second-order valence-corrected chi connectivity index (χ2v) is 9.09. The average molecular weight is 489 g/mol. The van der Waals surface area contributed by atoms with E-state index in [0.29, 0.717) is 16.9 Å². The van der Waals surface area contributed by atoms with Crippen molar-refractivity contribution in [3.8, 4) is 28.6 Å². The van der Waals surface area contributed by atoms with E-state index in [-0.39, 0.29) is 11.7 Å². The number of para-hydroxylation sites is 1. The fourth-order valence-electron chi connectivity index (χ4n) is 3.69. The molecular weight excluding hydrogens is 460 g/mol. The van der Waals surface area contributed by atoms with Gasteiger partial charge in [-0.05, 0) is 66.1 Å². The molecule has 1 heterocycles. The number of aromatic nitrogens is 3. The molecule has 0 unspecified atom stereocenters. The van der Waals surface area contributed by atoms with E-state index in [1.165, 1.54) is 11.8 Å². The fraction of sp³-hybridized carbons (Fsp3) is 0.222. The molecule has 1 aromatic heterocycles. The third-order valence-corrected chi connectivity index (χ3v) is 6.43. The highest BCUT2D eigenvalue weighted by Crippen LogP contribution is 2.30. The lowest BCUT2D eigenvalue weighted by molar-refractivity contribution is -0.113. The molecule has 3 aromatic carbocycles. The summed E-state index contributed by atoms with van der Waals surface area (Å²) >= 11 is 1.34. The summed E-state index contributed by atoms with van der Waals surface area (Å²) in [5, 5.41) is 12.5. The number of carbonyl (C=O) groups excluding carboxylic acids is 1. The summed E-state index contributed by atoms with van der Waals surface area (Å²) in [6.45, 7) is 4.22. The predicted octanol–water partition coefficient (Wildman–Crippen LogP) is 5.81. The molecule has 180 valence electrons. The van der Waals surface area contributed by atoms with Crippen molar-refractivity contribution in [3.05, 3.63) is 78.4 Å². The lowest BCUT2D eigenvalue weighted by Gasteiger charge is -2.14. The van der Waals surface area contributed by atoms with Gasteiger partial charge >= 0.3 is 0 Å². The van der Waals surface area contributed by atoms with E-state index >= 15 is 0 Å². The molecule has 0 aliphatic rings. The fourth-order valence-corrected chi connectivity index (χ4v) is 4.44. The molecule has 0 fully saturated rings. The van der Waals surface area contributed by atoms with E-state index in [2.05, 4.69) is 29.4 Å². The van der Waals surface area contributed by atoms with Gasteiger partial charge in [0.25, 0.3) is 0 Å². The highest BCUT2D eigenvalue weighted by molar-refractivity contribution is 7.99. The Hall–Kier alpha value is -3.78. The van der Waals surface area contributed by atoms with Gasteiger partial charge in [0, 0.05) is 16.9 Å². The average Bonchev–Trinajstić information content (AvgIpc) is 3.31. The molecule has 0 aliphatic heterocycles. The third kappa shape index (κ3) is 5.66. The van der Waals surface area contributed by atoms with Gasteiger partial charge in [-0.1, -0.05) is 43.8 Å². The Kier molecular flexibility index (Phi) is 7.72. The van der Waals surface area contributed by atoms with Gasteiger partial charge < -0.3 is 14.8 Å². The van der Waals surface area contributed by atoms with E-state index in [1.54, 1.807) is 14.2 Å². The van der Waals surface area contributed by atoms with Crippen LogP contribution in [0.4, 0.5) is 5.69 Å². The molecular formula is C27H28N4O3S. The van der Waals surface area contributed by atoms with E-state index < -0.39 is 0 Å². The molecule has 0 bridgehead atoms. The summed E-state index contributed by atoms with van der Waals surface area (Å²) in [5.41, 5.74) is 3.70. The number of carbonyl (C=O) groups is 1. The number of anilines is 1. The number of amides is 1. The predicted molar refractivity (Wildman–Crippen MR) is 140 cm³/mol. The largest absolute Gasteiger partial charge is 0.497 e. The number of nitrogens with zero attached hydrogens (tertiary/aromatic N) is 3. The van der Waals surface area contributed by atoms with Crippen LogP contribution in [-0.2, 0) is 4.79 Å². The van der Waals surface area contributed by atoms with Crippen LogP contribution in [0.5, 0.6) is 11.5 Å². The van der Waals surface area contributed by atoms with Crippen molar-refractivity contribution in [3.63, 3.8) is 0 Å². The zero-order valence-electron chi connectivity index (χ0n) is 20.2. The Labute approximate surface area is 209 Å². The summed E-state index contributed by atoms with van der Waals surface area (Å²) in [6.07, 6.45) is 0. The molecule has 0 radical (unpaired) electrons. The summed E-state index contributed by atoms with van der Waals surface area (Å²) in [4.78, 5) is 12.8. The molecule has 4 aromatic rings. The normalized spacial score (nSPS) is 10.9. The molecule has 0 saturated heterocycles. The number of hydrogen-bond acceptors (Lipinski definition) is 6. The summed E-state index contributed by atoms with van der Waals surface area (Å²) in [6, 6.07) is 23.2. The van der Waals surface area contributed by atoms with Crippen LogP contribution < -0.4 is 14.8 Å². The van der Waals surface area contributed by atoms with Gasteiger partial charge in [-0.2, -0.15) is 0 Å². The van der Waals surface area contributed by atoms with Gasteiger partial charge in [-0.15, -0.1) is 10.2 Å². The molecule has 0 aliphatic carbocycles. The third-order valence-electron chi connectivity index (χ3n) is 5.50. The van der Waals surface area contributed by atoms with Crippen molar-refractivity contribution < 1.29 is 14.3 Å². The van der Waals surface area contributed by atoms with Crippen molar-refractivity contribution in [1.29, 1.82) is 0 Å². The Bertz CT molecular complexity index is 1280. The summed E-state index contributed by atoms with van der Waals surface area (Å²) in [7, 11) is 3.27. The first kappa shape index (κ1) is 24.3. The van der Waals surface area contributed by atoms with Gasteiger partial charge in [-0.25, -0.2) is 0 Å². The quantitative estimate of drug-likeness (QED) is 0.300. The first-order chi connectivity index (χ1) is 17.0. The van der Waals surface area contributed by atoms with Gasteiger partial charge in [0.1, 0.15) is 11.5 Å². The van der Waals surface area contributed by atoms with Crippen molar-refractivity contribution >= 4 is 23.4 Å². The molecule has 0 saturated carbocycles. The Morgan fingerprint density at radius 1 is 0.914 bits per heavy atom. The Morgan fingerprint density at radius 2 is 1.54 bits per heavy atom. The van der Waals surface area contributed by atoms with E-state index in [1.807, 2.05) is 77.4 Å². The lowest BCUT2D eigenvalue weighted by atomic mass is 10.0. The minimum Gasteiger partial charge on any atom is -0.497 e. The summed E-state index contributed by atoms with van der Waals surface area (Å²) in [5.74, 6) is 2.60. The van der Waals surface area contributed by atoms with Crippen molar-refractivity contribution in [2.75, 3.05) is 25.3 Å². The molecule has 0 spiro atoms. The van der Waals surface area contributed by atoms with Crippen molar-refractivity contribution in [1.82, 2.24) is 14.8 Å². The van der Waals surface area contributed by atoms with Gasteiger partial charge in [0.15, 0.2) is 11.0 Å². The maximum absolute atomic E-state index is 12.8. The van der Waals surface area contributed by atoms with Crippen LogP contribution in [0, 0.1) is 0 Å². The number of ether oxygens (including phenoxy) is 2.